The zero-order valence-electron chi connectivity index (χ0n) is 18.1. The molecule has 1 aliphatic carbocycles. The van der Waals surface area contributed by atoms with Gasteiger partial charge in [0.2, 0.25) is 11.9 Å². The number of nitrogens with one attached hydrogen (secondary N) is 1. The highest BCUT2D eigenvalue weighted by molar-refractivity contribution is 6.30. The molecule has 2 aromatic heterocycles. The van der Waals surface area contributed by atoms with E-state index in [1.165, 1.54) is 15.8 Å². The Hall–Kier alpha value is -3.53. The van der Waals surface area contributed by atoms with Gasteiger partial charge in [0.1, 0.15) is 18.8 Å². The summed E-state index contributed by atoms with van der Waals surface area (Å²) in [5.41, 5.74) is 1.14. The molecule has 11 heteroatoms. The Morgan fingerprint density at radius 1 is 1.21 bits per heavy atom. The maximum Gasteiger partial charge on any atom is 0.417 e. The smallest absolute Gasteiger partial charge is 0.417 e. The number of amides is 1. The van der Waals surface area contributed by atoms with Gasteiger partial charge in [0.15, 0.2) is 0 Å². The van der Waals surface area contributed by atoms with Crippen LogP contribution in [0.15, 0.2) is 36.8 Å². The van der Waals surface area contributed by atoms with Crippen LogP contribution in [-0.2, 0) is 4.74 Å². The van der Waals surface area contributed by atoms with Crippen molar-refractivity contribution in [3.8, 4) is 0 Å². The summed E-state index contributed by atoms with van der Waals surface area (Å²) in [6.45, 7) is 3.98. The molecular formula is C22H22ClN7O3. The average molecular weight is 468 g/mol. The van der Waals surface area contributed by atoms with Crippen molar-refractivity contribution in [2.24, 2.45) is 5.92 Å². The summed E-state index contributed by atoms with van der Waals surface area (Å²) in [6, 6.07) is 6.32. The number of carbonyl (C=O) groups is 2. The number of imidazole rings is 1. The lowest BCUT2D eigenvalue weighted by Crippen LogP contribution is -2.36. The summed E-state index contributed by atoms with van der Waals surface area (Å²) < 4.78 is 6.66. The molecule has 1 aromatic carbocycles. The van der Waals surface area contributed by atoms with Gasteiger partial charge in [0, 0.05) is 16.8 Å². The molecule has 0 unspecified atom stereocenters. The number of hydrogen-bond donors (Lipinski definition) is 1. The van der Waals surface area contributed by atoms with Crippen LogP contribution in [0.3, 0.4) is 0 Å². The topological polar surface area (TPSA) is 115 Å². The average Bonchev–Trinajstić information content (AvgIpc) is 3.37. The highest BCUT2D eigenvalue weighted by Gasteiger charge is 2.45. The van der Waals surface area contributed by atoms with Crippen molar-refractivity contribution >= 4 is 35.5 Å². The van der Waals surface area contributed by atoms with E-state index in [9.17, 15) is 9.59 Å². The Bertz CT molecular complexity index is 1210. The number of rotatable bonds is 6. The molecule has 0 radical (unpaired) electrons. The molecule has 2 atom stereocenters. The van der Waals surface area contributed by atoms with E-state index in [4.69, 9.17) is 16.3 Å². The first-order chi connectivity index (χ1) is 15.9. The van der Waals surface area contributed by atoms with Crippen LogP contribution in [-0.4, -0.2) is 49.2 Å². The zero-order chi connectivity index (χ0) is 23.1. The van der Waals surface area contributed by atoms with E-state index >= 15 is 0 Å². The quantitative estimate of drug-likeness (QED) is 0.584. The molecule has 10 nitrogen and oxygen atoms in total. The van der Waals surface area contributed by atoms with E-state index < -0.39 is 6.09 Å². The molecule has 0 spiro atoms. The van der Waals surface area contributed by atoms with E-state index in [1.807, 2.05) is 6.92 Å². The molecule has 3 aromatic rings. The van der Waals surface area contributed by atoms with Gasteiger partial charge in [-0.1, -0.05) is 11.6 Å². The fourth-order valence-electron chi connectivity index (χ4n) is 3.82. The summed E-state index contributed by atoms with van der Waals surface area (Å²) in [5, 5.41) is 3.75. The third-order valence-corrected chi connectivity index (χ3v) is 5.99. The van der Waals surface area contributed by atoms with Gasteiger partial charge in [-0.15, -0.1) is 0 Å². The molecule has 1 aliphatic heterocycles. The Labute approximate surface area is 195 Å². The number of nitrogens with zero attached hydrogens (tertiary/aromatic N) is 6. The number of aryl methyl sites for hydroxylation is 1. The van der Waals surface area contributed by atoms with Crippen LogP contribution in [0.4, 0.5) is 16.7 Å². The summed E-state index contributed by atoms with van der Waals surface area (Å²) >= 11 is 5.90. The molecule has 2 fully saturated rings. The van der Waals surface area contributed by atoms with Gasteiger partial charge in [-0.05, 0) is 56.9 Å². The fraction of sp³-hybridized carbons (Fsp3) is 0.364. The van der Waals surface area contributed by atoms with Crippen molar-refractivity contribution in [2.45, 2.75) is 38.8 Å². The Kier molecular flexibility index (Phi) is 5.45. The van der Waals surface area contributed by atoms with Crippen molar-refractivity contribution in [1.29, 1.82) is 0 Å². The van der Waals surface area contributed by atoms with Gasteiger partial charge >= 0.3 is 6.09 Å². The van der Waals surface area contributed by atoms with Crippen molar-refractivity contribution in [2.75, 3.05) is 16.8 Å². The minimum absolute atomic E-state index is 0.0425. The molecule has 5 rings (SSSR count). The van der Waals surface area contributed by atoms with Gasteiger partial charge in [0.05, 0.1) is 17.8 Å². The Morgan fingerprint density at radius 3 is 2.70 bits per heavy atom. The van der Waals surface area contributed by atoms with Gasteiger partial charge in [-0.2, -0.15) is 15.0 Å². The maximum absolute atomic E-state index is 12.7. The molecule has 170 valence electrons. The van der Waals surface area contributed by atoms with Crippen LogP contribution in [0.5, 0.6) is 0 Å². The third kappa shape index (κ3) is 4.38. The normalized spacial score (nSPS) is 18.8. The SMILES string of the molecule is Cc1nc(N[C@@H](C)c2cn(C(=O)c3ccc(Cl)cc3)cn2)nc(N2C(=O)OC[C@@H]2C2CC2)n1. The number of benzene rings is 1. The molecule has 1 N–H and O–H groups in total. The van der Waals surface area contributed by atoms with Crippen molar-refractivity contribution in [3.63, 3.8) is 0 Å². The second-order valence-corrected chi connectivity index (χ2v) is 8.68. The number of aromatic nitrogens is 5. The van der Waals surface area contributed by atoms with Gasteiger partial charge in [-0.3, -0.25) is 9.36 Å². The first-order valence-corrected chi connectivity index (χ1v) is 11.1. The fourth-order valence-corrected chi connectivity index (χ4v) is 3.94. The van der Waals surface area contributed by atoms with E-state index in [-0.39, 0.29) is 23.9 Å². The first-order valence-electron chi connectivity index (χ1n) is 10.7. The van der Waals surface area contributed by atoms with Crippen molar-refractivity contribution < 1.29 is 14.3 Å². The number of anilines is 2. The molecular weight excluding hydrogens is 446 g/mol. The Balaban J connectivity index is 1.33. The highest BCUT2D eigenvalue weighted by Crippen LogP contribution is 2.39. The van der Waals surface area contributed by atoms with Crippen LogP contribution < -0.4 is 10.2 Å². The number of cyclic esters (lactones) is 1. The van der Waals surface area contributed by atoms with Crippen LogP contribution in [0.1, 0.15) is 47.7 Å². The van der Waals surface area contributed by atoms with Crippen molar-refractivity contribution in [1.82, 2.24) is 24.5 Å². The van der Waals surface area contributed by atoms with Crippen LogP contribution in [0, 0.1) is 12.8 Å². The maximum atomic E-state index is 12.7. The lowest BCUT2D eigenvalue weighted by molar-refractivity contribution is 0.0959. The van der Waals surface area contributed by atoms with Crippen LogP contribution in [0.2, 0.25) is 5.02 Å². The lowest BCUT2D eigenvalue weighted by atomic mass is 10.2. The first kappa shape index (κ1) is 21.3. The second-order valence-electron chi connectivity index (χ2n) is 8.24. The summed E-state index contributed by atoms with van der Waals surface area (Å²) in [5.74, 6) is 1.28. The van der Waals surface area contributed by atoms with E-state index in [2.05, 4.69) is 25.3 Å². The number of hydrogen-bond acceptors (Lipinski definition) is 8. The summed E-state index contributed by atoms with van der Waals surface area (Å²) in [4.78, 5) is 44.1. The van der Waals surface area contributed by atoms with Crippen molar-refractivity contribution in [3.05, 3.63) is 58.9 Å². The van der Waals surface area contributed by atoms with Gasteiger partial charge < -0.3 is 10.1 Å². The van der Waals surface area contributed by atoms with Gasteiger partial charge in [0.25, 0.3) is 5.91 Å². The van der Waals surface area contributed by atoms with Crippen LogP contribution >= 0.6 is 11.6 Å². The summed E-state index contributed by atoms with van der Waals surface area (Å²) in [6.07, 6.45) is 4.83. The second kappa shape index (κ2) is 8.43. The monoisotopic (exact) mass is 467 g/mol. The van der Waals surface area contributed by atoms with E-state index in [0.29, 0.717) is 40.6 Å². The minimum Gasteiger partial charge on any atom is -0.447 e. The molecule has 3 heterocycles. The molecule has 2 aliphatic rings. The number of carbonyl (C=O) groups excluding carboxylic acids is 2. The lowest BCUT2D eigenvalue weighted by Gasteiger charge is -2.20. The molecule has 0 bridgehead atoms. The van der Waals surface area contributed by atoms with Gasteiger partial charge in [-0.25, -0.2) is 14.7 Å². The minimum atomic E-state index is -0.434. The number of ether oxygens (including phenoxy) is 1. The zero-order valence-corrected chi connectivity index (χ0v) is 18.9. The third-order valence-electron chi connectivity index (χ3n) is 5.74. The predicted molar refractivity (Wildman–Crippen MR) is 120 cm³/mol. The summed E-state index contributed by atoms with van der Waals surface area (Å²) in [7, 11) is 0. The molecule has 33 heavy (non-hydrogen) atoms. The van der Waals surface area contributed by atoms with E-state index in [1.54, 1.807) is 37.4 Å². The highest BCUT2D eigenvalue weighted by atomic mass is 35.5. The van der Waals surface area contributed by atoms with E-state index in [0.717, 1.165) is 12.8 Å². The molecule has 1 saturated carbocycles. The molecule has 1 saturated heterocycles. The van der Waals surface area contributed by atoms with Crippen LogP contribution in [0.25, 0.3) is 0 Å². The largest absolute Gasteiger partial charge is 0.447 e. The predicted octanol–water partition coefficient (Wildman–Crippen LogP) is 3.63. The number of halogens is 1. The molecule has 1 amide bonds. The Morgan fingerprint density at radius 2 is 1.97 bits per heavy atom. The standard InChI is InChI=1S/C22H22ClN7O3/c1-12(17-9-29(11-24-17)19(31)15-5-7-16(23)8-6-15)25-20-26-13(2)27-21(28-20)30-18(14-3-4-14)10-33-22(30)32/h5-9,11-12,14,18H,3-4,10H2,1-2H3,(H,25,26,27,28)/t12-,18+/m0/s1.